The maximum Gasteiger partial charge on any atom is 0.171 e. The van der Waals surface area contributed by atoms with Crippen molar-refractivity contribution in [2.75, 3.05) is 0 Å². The third-order valence-corrected chi connectivity index (χ3v) is 5.11. The average molecular weight is 368 g/mol. The van der Waals surface area contributed by atoms with E-state index in [-0.39, 0.29) is 0 Å². The Hall–Kier alpha value is -0.970. The Morgan fingerprint density at radius 1 is 1.25 bits per heavy atom. The summed E-state index contributed by atoms with van der Waals surface area (Å²) >= 11 is 11.5. The van der Waals surface area contributed by atoms with Gasteiger partial charge in [0, 0.05) is 14.7 Å². The van der Waals surface area contributed by atoms with Crippen LogP contribution in [0.5, 0.6) is 0 Å². The Kier molecular flexibility index (Phi) is 3.80. The van der Waals surface area contributed by atoms with Gasteiger partial charge in [0.15, 0.2) is 5.82 Å². The summed E-state index contributed by atoms with van der Waals surface area (Å²) in [4.78, 5) is 11.5. The fourth-order valence-corrected chi connectivity index (χ4v) is 3.80. The highest BCUT2D eigenvalue weighted by molar-refractivity contribution is 9.10. The summed E-state index contributed by atoms with van der Waals surface area (Å²) in [7, 11) is 0. The summed E-state index contributed by atoms with van der Waals surface area (Å²) in [5.74, 6) is 0.706. The summed E-state index contributed by atoms with van der Waals surface area (Å²) in [5.41, 5.74) is 2.00. The van der Waals surface area contributed by atoms with Gasteiger partial charge in [-0.15, -0.1) is 11.3 Å². The molecule has 3 aromatic rings. The largest absolute Gasteiger partial charge is 0.227 e. The van der Waals surface area contributed by atoms with Gasteiger partial charge in [0.05, 0.1) is 10.4 Å². The molecule has 0 fully saturated rings. The van der Waals surface area contributed by atoms with Crippen LogP contribution in [0.1, 0.15) is 17.4 Å². The van der Waals surface area contributed by atoms with Crippen LogP contribution in [-0.4, -0.2) is 9.97 Å². The van der Waals surface area contributed by atoms with Crippen LogP contribution in [0.3, 0.4) is 0 Å². The zero-order valence-corrected chi connectivity index (χ0v) is 14.2. The molecule has 0 aliphatic carbocycles. The van der Waals surface area contributed by atoms with Crippen LogP contribution in [0.15, 0.2) is 28.7 Å². The number of rotatable bonds is 2. The van der Waals surface area contributed by atoms with Crippen molar-refractivity contribution >= 4 is 49.8 Å². The minimum absolute atomic E-state index is 0.501. The molecule has 0 aliphatic heterocycles. The molecule has 0 N–H and O–H groups in total. The Morgan fingerprint density at radius 2 is 2.05 bits per heavy atom. The molecule has 2 heterocycles. The van der Waals surface area contributed by atoms with Gasteiger partial charge in [-0.25, -0.2) is 9.97 Å². The minimum atomic E-state index is 0.501. The first-order valence-electron chi connectivity index (χ1n) is 6.31. The second kappa shape index (κ2) is 5.43. The summed E-state index contributed by atoms with van der Waals surface area (Å²) in [6.07, 6.45) is 1.03. The maximum atomic E-state index is 6.33. The average Bonchev–Trinajstić information content (AvgIpc) is 2.88. The van der Waals surface area contributed by atoms with E-state index in [1.807, 2.05) is 19.1 Å². The zero-order valence-electron chi connectivity index (χ0n) is 11.1. The van der Waals surface area contributed by atoms with Gasteiger partial charge < -0.3 is 0 Å². The SMILES string of the molecule is CCc1ccc(-c2nc(Cl)c3cc(Br)cc(C)c3n2)s1. The number of fused-ring (bicyclic) bond motifs is 1. The predicted molar refractivity (Wildman–Crippen MR) is 89.7 cm³/mol. The van der Waals surface area contributed by atoms with E-state index in [9.17, 15) is 0 Å². The standard InChI is InChI=1S/C15H12BrClN2S/c1-3-10-4-5-12(20-10)15-18-13-8(2)6-9(16)7-11(13)14(17)19-15/h4-7H,3H2,1-2H3. The van der Waals surface area contributed by atoms with Gasteiger partial charge in [-0.05, 0) is 43.2 Å². The van der Waals surface area contributed by atoms with Crippen LogP contribution in [-0.2, 0) is 6.42 Å². The second-order valence-electron chi connectivity index (χ2n) is 4.58. The number of hydrogen-bond acceptors (Lipinski definition) is 3. The van der Waals surface area contributed by atoms with Crippen molar-refractivity contribution in [2.24, 2.45) is 0 Å². The van der Waals surface area contributed by atoms with Crippen molar-refractivity contribution in [3.8, 4) is 10.7 Å². The molecule has 0 aliphatic rings. The molecule has 0 bridgehead atoms. The molecule has 3 rings (SSSR count). The lowest BCUT2D eigenvalue weighted by atomic mass is 10.1. The highest BCUT2D eigenvalue weighted by Gasteiger charge is 2.12. The smallest absolute Gasteiger partial charge is 0.171 e. The first-order valence-corrected chi connectivity index (χ1v) is 8.29. The first kappa shape index (κ1) is 14.0. The predicted octanol–water partition coefficient (Wildman–Crippen LogP) is 5.65. The second-order valence-corrected chi connectivity index (χ2v) is 7.02. The van der Waals surface area contributed by atoms with Crippen LogP contribution in [0, 0.1) is 6.92 Å². The van der Waals surface area contributed by atoms with Gasteiger partial charge in [0.2, 0.25) is 0 Å². The van der Waals surface area contributed by atoms with Crippen LogP contribution >= 0.6 is 38.9 Å². The fraction of sp³-hybridized carbons (Fsp3) is 0.200. The van der Waals surface area contributed by atoms with Gasteiger partial charge in [0.1, 0.15) is 5.15 Å². The van der Waals surface area contributed by atoms with E-state index in [2.05, 4.69) is 45.0 Å². The van der Waals surface area contributed by atoms with E-state index < -0.39 is 0 Å². The Balaban J connectivity index is 2.23. The van der Waals surface area contributed by atoms with Crippen molar-refractivity contribution in [3.05, 3.63) is 44.3 Å². The molecule has 0 amide bonds. The normalized spacial score (nSPS) is 11.2. The van der Waals surface area contributed by atoms with Crippen molar-refractivity contribution in [1.29, 1.82) is 0 Å². The molecule has 0 unspecified atom stereocenters. The van der Waals surface area contributed by atoms with E-state index in [1.54, 1.807) is 11.3 Å². The molecule has 20 heavy (non-hydrogen) atoms. The van der Waals surface area contributed by atoms with E-state index in [4.69, 9.17) is 11.6 Å². The third-order valence-electron chi connectivity index (χ3n) is 3.14. The monoisotopic (exact) mass is 366 g/mol. The highest BCUT2D eigenvalue weighted by atomic mass is 79.9. The quantitative estimate of drug-likeness (QED) is 0.547. The molecule has 0 atom stereocenters. The van der Waals surface area contributed by atoms with E-state index in [0.717, 1.165) is 32.2 Å². The molecular weight excluding hydrogens is 356 g/mol. The highest BCUT2D eigenvalue weighted by Crippen LogP contribution is 2.32. The molecule has 5 heteroatoms. The number of halogens is 2. The molecule has 2 aromatic heterocycles. The molecule has 1 aromatic carbocycles. The van der Waals surface area contributed by atoms with Crippen molar-refractivity contribution in [3.63, 3.8) is 0 Å². The van der Waals surface area contributed by atoms with E-state index >= 15 is 0 Å². The third kappa shape index (κ3) is 2.48. The topological polar surface area (TPSA) is 25.8 Å². The van der Waals surface area contributed by atoms with Crippen LogP contribution < -0.4 is 0 Å². The van der Waals surface area contributed by atoms with Crippen molar-refractivity contribution in [2.45, 2.75) is 20.3 Å². The van der Waals surface area contributed by atoms with Gasteiger partial charge >= 0.3 is 0 Å². The van der Waals surface area contributed by atoms with E-state index in [1.165, 1.54) is 4.88 Å². The molecular formula is C15H12BrClN2S. The number of benzene rings is 1. The summed E-state index contributed by atoms with van der Waals surface area (Å²) in [6.45, 7) is 4.18. The number of aryl methyl sites for hydroxylation is 2. The Bertz CT molecular complexity index is 798. The molecule has 0 spiro atoms. The van der Waals surface area contributed by atoms with Crippen LogP contribution in [0.25, 0.3) is 21.6 Å². The van der Waals surface area contributed by atoms with Crippen molar-refractivity contribution < 1.29 is 0 Å². The number of thiophene rings is 1. The Morgan fingerprint density at radius 3 is 2.75 bits per heavy atom. The van der Waals surface area contributed by atoms with Gasteiger partial charge in [-0.3, -0.25) is 0 Å². The minimum Gasteiger partial charge on any atom is -0.227 e. The summed E-state index contributed by atoms with van der Waals surface area (Å²) in [6, 6.07) is 8.19. The molecule has 0 saturated heterocycles. The number of hydrogen-bond donors (Lipinski definition) is 0. The maximum absolute atomic E-state index is 6.33. The van der Waals surface area contributed by atoms with Gasteiger partial charge in [0.25, 0.3) is 0 Å². The summed E-state index contributed by atoms with van der Waals surface area (Å²) < 4.78 is 0.991. The lowest BCUT2D eigenvalue weighted by Gasteiger charge is -2.06. The van der Waals surface area contributed by atoms with Gasteiger partial charge in [-0.2, -0.15) is 0 Å². The van der Waals surface area contributed by atoms with E-state index in [0.29, 0.717) is 11.0 Å². The fourth-order valence-electron chi connectivity index (χ4n) is 2.12. The van der Waals surface area contributed by atoms with Crippen LogP contribution in [0.2, 0.25) is 5.15 Å². The molecule has 2 nitrogen and oxygen atoms in total. The van der Waals surface area contributed by atoms with Gasteiger partial charge in [-0.1, -0.05) is 34.5 Å². The van der Waals surface area contributed by atoms with Crippen molar-refractivity contribution in [1.82, 2.24) is 9.97 Å². The molecule has 0 saturated carbocycles. The molecule has 102 valence electrons. The summed E-state index contributed by atoms with van der Waals surface area (Å²) in [5, 5.41) is 1.38. The first-order chi connectivity index (χ1) is 9.58. The lowest BCUT2D eigenvalue weighted by Crippen LogP contribution is -1.92. The lowest BCUT2D eigenvalue weighted by molar-refractivity contribution is 1.19. The zero-order chi connectivity index (χ0) is 14.3. The van der Waals surface area contributed by atoms with Crippen LogP contribution in [0.4, 0.5) is 0 Å². The Labute approximate surface area is 135 Å². The number of aromatic nitrogens is 2. The molecule has 0 radical (unpaired) electrons. The number of nitrogens with zero attached hydrogens (tertiary/aromatic N) is 2.